The molecule has 0 radical (unpaired) electrons. The van der Waals surface area contributed by atoms with Crippen LogP contribution in [-0.4, -0.2) is 15.0 Å². The van der Waals surface area contributed by atoms with E-state index in [4.69, 9.17) is 23.8 Å². The first-order valence-corrected chi connectivity index (χ1v) is 14.5. The minimum absolute atomic E-state index is 0.481. The van der Waals surface area contributed by atoms with E-state index in [1.165, 1.54) is 5.39 Å². The third kappa shape index (κ3) is 4.14. The van der Waals surface area contributed by atoms with E-state index in [-0.39, 0.29) is 0 Å². The van der Waals surface area contributed by atoms with Crippen molar-refractivity contribution in [2.24, 2.45) is 0 Å². The molecular formula is C39H23N3O2. The van der Waals surface area contributed by atoms with E-state index in [2.05, 4.69) is 60.7 Å². The fourth-order valence-corrected chi connectivity index (χ4v) is 5.91. The highest BCUT2D eigenvalue weighted by atomic mass is 16.3. The number of hydrogen-bond acceptors (Lipinski definition) is 5. The third-order valence-electron chi connectivity index (χ3n) is 8.10. The van der Waals surface area contributed by atoms with Crippen molar-refractivity contribution >= 4 is 43.7 Å². The van der Waals surface area contributed by atoms with E-state index in [9.17, 15) is 0 Å². The Bertz CT molecular complexity index is 2480. The van der Waals surface area contributed by atoms with E-state index >= 15 is 0 Å². The Hall–Kier alpha value is -6.07. The molecule has 206 valence electrons. The molecule has 0 saturated carbocycles. The summed E-state index contributed by atoms with van der Waals surface area (Å²) in [7, 11) is 0. The van der Waals surface area contributed by atoms with Crippen molar-refractivity contribution in [1.29, 1.82) is 0 Å². The second kappa shape index (κ2) is 9.75. The normalized spacial score (nSPS) is 11.6. The molecule has 5 heteroatoms. The molecule has 3 aromatic heterocycles. The van der Waals surface area contributed by atoms with Gasteiger partial charge in [0.15, 0.2) is 23.2 Å². The van der Waals surface area contributed by atoms with Crippen molar-refractivity contribution in [1.82, 2.24) is 15.0 Å². The molecule has 0 unspecified atom stereocenters. The van der Waals surface area contributed by atoms with Crippen LogP contribution in [0.3, 0.4) is 0 Å². The largest absolute Gasteiger partial charge is 0.456 e. The molecule has 0 fully saturated rings. The molecule has 9 rings (SSSR count). The summed E-state index contributed by atoms with van der Waals surface area (Å²) in [6.07, 6.45) is 0. The van der Waals surface area contributed by atoms with Gasteiger partial charge in [-0.2, -0.15) is 0 Å². The molecule has 0 aliphatic heterocycles. The van der Waals surface area contributed by atoms with Gasteiger partial charge in [0.25, 0.3) is 0 Å². The summed E-state index contributed by atoms with van der Waals surface area (Å²) in [6.45, 7) is 0. The number of para-hydroxylation sites is 1. The lowest BCUT2D eigenvalue weighted by molar-refractivity contribution is 0.625. The van der Waals surface area contributed by atoms with Crippen LogP contribution in [0.15, 0.2) is 148 Å². The zero-order chi connectivity index (χ0) is 29.0. The molecule has 0 spiro atoms. The van der Waals surface area contributed by atoms with Gasteiger partial charge in [-0.05, 0) is 70.4 Å². The minimum Gasteiger partial charge on any atom is -0.456 e. The summed E-state index contributed by atoms with van der Waals surface area (Å²) in [6, 6.07) is 47.2. The van der Waals surface area contributed by atoms with Crippen LogP contribution in [0.2, 0.25) is 0 Å². The molecule has 0 N–H and O–H groups in total. The monoisotopic (exact) mass is 565 g/mol. The Balaban J connectivity index is 1.24. The SMILES string of the molecule is c1ccc(-c2cccc(-c3nc(-c4ccc5oc6cc7ccccc7cc6c5c4)nc(-c4cc5ccccc5o4)n3)c2)cc1. The van der Waals surface area contributed by atoms with Crippen molar-refractivity contribution in [2.45, 2.75) is 0 Å². The summed E-state index contributed by atoms with van der Waals surface area (Å²) in [5.41, 5.74) is 6.45. The minimum atomic E-state index is 0.481. The molecule has 9 aromatic rings. The van der Waals surface area contributed by atoms with Crippen LogP contribution < -0.4 is 0 Å². The first-order valence-electron chi connectivity index (χ1n) is 14.5. The molecular weight excluding hydrogens is 542 g/mol. The van der Waals surface area contributed by atoms with Crippen molar-refractivity contribution < 1.29 is 8.83 Å². The topological polar surface area (TPSA) is 65.0 Å². The number of hydrogen-bond donors (Lipinski definition) is 0. The van der Waals surface area contributed by atoms with Gasteiger partial charge in [0.2, 0.25) is 0 Å². The maximum atomic E-state index is 6.26. The van der Waals surface area contributed by atoms with Crippen LogP contribution in [0.1, 0.15) is 0 Å². The van der Waals surface area contributed by atoms with Gasteiger partial charge >= 0.3 is 0 Å². The number of aromatic nitrogens is 3. The van der Waals surface area contributed by atoms with Crippen LogP contribution in [0.25, 0.3) is 89.2 Å². The van der Waals surface area contributed by atoms with Crippen LogP contribution >= 0.6 is 0 Å². The van der Waals surface area contributed by atoms with Crippen LogP contribution in [0.4, 0.5) is 0 Å². The predicted octanol–water partition coefficient (Wildman–Crippen LogP) is 10.3. The van der Waals surface area contributed by atoms with Gasteiger partial charge in [0, 0.05) is 27.3 Å². The second-order valence-electron chi connectivity index (χ2n) is 10.9. The number of nitrogens with zero attached hydrogens (tertiary/aromatic N) is 3. The fourth-order valence-electron chi connectivity index (χ4n) is 5.91. The maximum Gasteiger partial charge on any atom is 0.199 e. The van der Waals surface area contributed by atoms with E-state index in [1.54, 1.807) is 0 Å². The van der Waals surface area contributed by atoms with Gasteiger partial charge in [0.05, 0.1) is 0 Å². The maximum absolute atomic E-state index is 6.26. The Kier molecular flexibility index (Phi) is 5.43. The lowest BCUT2D eigenvalue weighted by atomic mass is 10.0. The molecule has 6 aromatic carbocycles. The number of fused-ring (bicyclic) bond motifs is 5. The van der Waals surface area contributed by atoms with Crippen molar-refractivity contribution in [2.75, 3.05) is 0 Å². The first kappa shape index (κ1) is 24.5. The fraction of sp³-hybridized carbons (Fsp3) is 0. The standard InChI is InChI=1S/C39H23N3O2/c1-2-9-24(10-3-1)25-14-8-15-29(19-25)37-40-38(42-39(41-37)36-23-28-13-6-7-16-33(28)43-36)30-17-18-34-31(21-30)32-20-26-11-4-5-12-27(26)22-35(32)44-34/h1-23H. The molecule has 5 nitrogen and oxygen atoms in total. The molecule has 44 heavy (non-hydrogen) atoms. The van der Waals surface area contributed by atoms with Crippen molar-refractivity contribution in [3.8, 4) is 45.5 Å². The highest BCUT2D eigenvalue weighted by molar-refractivity contribution is 6.10. The van der Waals surface area contributed by atoms with Crippen LogP contribution in [0.5, 0.6) is 0 Å². The Morgan fingerprint density at radius 3 is 1.80 bits per heavy atom. The average molecular weight is 566 g/mol. The van der Waals surface area contributed by atoms with Gasteiger partial charge in [-0.1, -0.05) is 91.0 Å². The van der Waals surface area contributed by atoms with Gasteiger partial charge < -0.3 is 8.83 Å². The number of benzene rings is 6. The highest BCUT2D eigenvalue weighted by Gasteiger charge is 2.17. The van der Waals surface area contributed by atoms with Crippen molar-refractivity contribution in [3.05, 3.63) is 140 Å². The average Bonchev–Trinajstić information content (AvgIpc) is 3.68. The highest BCUT2D eigenvalue weighted by Crippen LogP contribution is 2.36. The van der Waals surface area contributed by atoms with E-state index < -0.39 is 0 Å². The van der Waals surface area contributed by atoms with Crippen molar-refractivity contribution in [3.63, 3.8) is 0 Å². The van der Waals surface area contributed by atoms with Gasteiger partial charge in [-0.3, -0.25) is 0 Å². The zero-order valence-corrected chi connectivity index (χ0v) is 23.4. The van der Waals surface area contributed by atoms with Gasteiger partial charge in [0.1, 0.15) is 16.7 Å². The molecule has 0 amide bonds. The quantitative estimate of drug-likeness (QED) is 0.212. The number of rotatable bonds is 4. The Morgan fingerprint density at radius 2 is 0.977 bits per heavy atom. The predicted molar refractivity (Wildman–Crippen MR) is 176 cm³/mol. The Labute approximate surface area is 252 Å². The van der Waals surface area contributed by atoms with E-state index in [0.29, 0.717) is 23.2 Å². The molecule has 0 aliphatic rings. The summed E-state index contributed by atoms with van der Waals surface area (Å²) in [5.74, 6) is 2.21. The lowest BCUT2D eigenvalue weighted by Crippen LogP contribution is -1.99. The summed E-state index contributed by atoms with van der Waals surface area (Å²) >= 11 is 0. The van der Waals surface area contributed by atoms with Gasteiger partial charge in [-0.25, -0.2) is 15.0 Å². The zero-order valence-electron chi connectivity index (χ0n) is 23.4. The number of furan rings is 2. The molecule has 0 aliphatic carbocycles. The summed E-state index contributed by atoms with van der Waals surface area (Å²) in [4.78, 5) is 14.9. The smallest absolute Gasteiger partial charge is 0.199 e. The summed E-state index contributed by atoms with van der Waals surface area (Å²) in [5, 5.41) is 5.38. The molecule has 0 bridgehead atoms. The molecule has 3 heterocycles. The first-order chi connectivity index (χ1) is 21.7. The van der Waals surface area contributed by atoms with Crippen LogP contribution in [-0.2, 0) is 0 Å². The lowest BCUT2D eigenvalue weighted by Gasteiger charge is -2.09. The van der Waals surface area contributed by atoms with E-state index in [0.717, 1.165) is 60.5 Å². The van der Waals surface area contributed by atoms with Gasteiger partial charge in [-0.15, -0.1) is 0 Å². The van der Waals surface area contributed by atoms with E-state index in [1.807, 2.05) is 78.9 Å². The summed E-state index contributed by atoms with van der Waals surface area (Å²) < 4.78 is 12.5. The Morgan fingerprint density at radius 1 is 0.341 bits per heavy atom. The second-order valence-corrected chi connectivity index (χ2v) is 10.9. The third-order valence-corrected chi connectivity index (χ3v) is 8.10. The molecule has 0 saturated heterocycles. The molecule has 0 atom stereocenters. The van der Waals surface area contributed by atoms with Crippen LogP contribution in [0, 0.1) is 0 Å².